The van der Waals surface area contributed by atoms with Gasteiger partial charge in [-0.1, -0.05) is 0 Å². The molecular weight excluding hydrogens is 395 g/mol. The molecule has 2 N–H and O–H groups in total. The van der Waals surface area contributed by atoms with Crippen molar-refractivity contribution in [3.63, 3.8) is 0 Å². The first-order valence-electron chi connectivity index (χ1n) is 8.24. The molecule has 0 unspecified atom stereocenters. The largest absolute Gasteiger partial charge is 0.482 e. The zero-order valence-electron chi connectivity index (χ0n) is 14.5. The standard InChI is InChI=1S/C18H12F3N3O5/c19-18(20,21)10-2-4-13-11(6-10)22-15(29-13)7-24-12-5-9(17(26)23-27)1-3-14(12)28-8-16(24)25/h1-6,27H,7-8H2,(H,23,26). The van der Waals surface area contributed by atoms with Crippen molar-refractivity contribution in [2.24, 2.45) is 0 Å². The van der Waals surface area contributed by atoms with Crippen molar-refractivity contribution in [2.45, 2.75) is 12.7 Å². The number of anilines is 1. The molecule has 150 valence electrons. The molecule has 11 heteroatoms. The number of amides is 2. The summed E-state index contributed by atoms with van der Waals surface area (Å²) in [7, 11) is 0. The van der Waals surface area contributed by atoms with Crippen molar-refractivity contribution < 1.29 is 37.1 Å². The Balaban J connectivity index is 1.69. The van der Waals surface area contributed by atoms with Gasteiger partial charge in [0.1, 0.15) is 17.8 Å². The third kappa shape index (κ3) is 3.47. The van der Waals surface area contributed by atoms with Gasteiger partial charge in [0.2, 0.25) is 5.89 Å². The van der Waals surface area contributed by atoms with E-state index in [1.54, 1.807) is 0 Å². The third-order valence-electron chi connectivity index (χ3n) is 4.32. The van der Waals surface area contributed by atoms with Gasteiger partial charge in [-0.25, -0.2) is 10.5 Å². The molecule has 2 heterocycles. The molecule has 0 aliphatic carbocycles. The number of carbonyl (C=O) groups is 2. The molecule has 1 aromatic heterocycles. The fourth-order valence-corrected chi connectivity index (χ4v) is 2.94. The first kappa shape index (κ1) is 18.7. The van der Waals surface area contributed by atoms with E-state index < -0.39 is 23.6 Å². The van der Waals surface area contributed by atoms with Crippen LogP contribution in [0.5, 0.6) is 5.75 Å². The molecule has 0 saturated carbocycles. The molecule has 8 nitrogen and oxygen atoms in total. The smallest absolute Gasteiger partial charge is 0.416 e. The Kier molecular flexibility index (Phi) is 4.38. The van der Waals surface area contributed by atoms with Gasteiger partial charge in [-0.2, -0.15) is 13.2 Å². The van der Waals surface area contributed by atoms with Gasteiger partial charge in [-0.15, -0.1) is 0 Å². The van der Waals surface area contributed by atoms with Crippen LogP contribution in [-0.2, 0) is 17.5 Å². The van der Waals surface area contributed by atoms with Gasteiger partial charge >= 0.3 is 6.18 Å². The summed E-state index contributed by atoms with van der Waals surface area (Å²) in [4.78, 5) is 29.3. The summed E-state index contributed by atoms with van der Waals surface area (Å²) in [5.74, 6) is -0.920. The summed E-state index contributed by atoms with van der Waals surface area (Å²) in [6, 6.07) is 7.10. The number of rotatable bonds is 3. The van der Waals surface area contributed by atoms with Crippen LogP contribution in [0, 0.1) is 0 Å². The van der Waals surface area contributed by atoms with Crippen LogP contribution in [-0.4, -0.2) is 28.6 Å². The first-order valence-corrected chi connectivity index (χ1v) is 8.24. The lowest BCUT2D eigenvalue weighted by Gasteiger charge is -2.28. The van der Waals surface area contributed by atoms with Gasteiger partial charge in [0, 0.05) is 5.56 Å². The van der Waals surface area contributed by atoms with E-state index in [-0.39, 0.29) is 41.4 Å². The minimum Gasteiger partial charge on any atom is -0.482 e. The Morgan fingerprint density at radius 2 is 2.03 bits per heavy atom. The molecule has 1 aliphatic rings. The average molecular weight is 407 g/mol. The molecular formula is C18H12F3N3O5. The molecule has 2 amide bonds. The van der Waals surface area contributed by atoms with Crippen LogP contribution in [0.4, 0.5) is 18.9 Å². The van der Waals surface area contributed by atoms with E-state index in [4.69, 9.17) is 14.4 Å². The van der Waals surface area contributed by atoms with Crippen molar-refractivity contribution in [1.29, 1.82) is 0 Å². The Hall–Kier alpha value is -3.60. The quantitative estimate of drug-likeness (QED) is 0.511. The van der Waals surface area contributed by atoms with Crippen molar-refractivity contribution in [1.82, 2.24) is 10.5 Å². The molecule has 0 spiro atoms. The van der Waals surface area contributed by atoms with E-state index in [1.165, 1.54) is 28.6 Å². The van der Waals surface area contributed by atoms with Gasteiger partial charge < -0.3 is 9.15 Å². The van der Waals surface area contributed by atoms with Gasteiger partial charge in [-0.3, -0.25) is 19.7 Å². The topological polar surface area (TPSA) is 105 Å². The highest BCUT2D eigenvalue weighted by Gasteiger charge is 2.32. The molecule has 1 aliphatic heterocycles. The van der Waals surface area contributed by atoms with Crippen LogP contribution in [0.1, 0.15) is 21.8 Å². The number of ether oxygens (including phenoxy) is 1. The van der Waals surface area contributed by atoms with Crippen molar-refractivity contribution in [3.8, 4) is 5.75 Å². The maximum absolute atomic E-state index is 12.9. The second kappa shape index (κ2) is 6.78. The molecule has 0 fully saturated rings. The number of hydrogen-bond donors (Lipinski definition) is 2. The molecule has 0 atom stereocenters. The van der Waals surface area contributed by atoms with Crippen molar-refractivity contribution in [3.05, 3.63) is 53.4 Å². The Bertz CT molecular complexity index is 1130. The molecule has 0 saturated heterocycles. The number of hydrogen-bond acceptors (Lipinski definition) is 6. The number of benzene rings is 2. The first-order chi connectivity index (χ1) is 13.8. The summed E-state index contributed by atoms with van der Waals surface area (Å²) in [5, 5.41) is 8.79. The maximum Gasteiger partial charge on any atom is 0.416 e. The highest BCUT2D eigenvalue weighted by atomic mass is 19.4. The summed E-state index contributed by atoms with van der Waals surface area (Å²) in [6.45, 7) is -0.452. The van der Waals surface area contributed by atoms with Crippen LogP contribution in [0.2, 0.25) is 0 Å². The highest BCUT2D eigenvalue weighted by Crippen LogP contribution is 2.35. The van der Waals surface area contributed by atoms with E-state index in [2.05, 4.69) is 4.98 Å². The molecule has 4 rings (SSSR count). The lowest BCUT2D eigenvalue weighted by Crippen LogP contribution is -2.38. The van der Waals surface area contributed by atoms with E-state index in [0.29, 0.717) is 5.75 Å². The SMILES string of the molecule is O=C(NO)c1ccc2c(c1)N(Cc1nc3cc(C(F)(F)F)ccc3o1)C(=O)CO2. The van der Waals surface area contributed by atoms with Crippen molar-refractivity contribution >= 4 is 28.6 Å². The maximum atomic E-state index is 12.9. The third-order valence-corrected chi connectivity index (χ3v) is 4.32. The van der Waals surface area contributed by atoms with Crippen LogP contribution < -0.4 is 15.1 Å². The van der Waals surface area contributed by atoms with Crippen LogP contribution in [0.25, 0.3) is 11.1 Å². The summed E-state index contributed by atoms with van der Waals surface area (Å²) >= 11 is 0. The Morgan fingerprint density at radius 3 is 2.76 bits per heavy atom. The molecule has 2 aromatic carbocycles. The van der Waals surface area contributed by atoms with Gasteiger partial charge in [0.15, 0.2) is 12.2 Å². The van der Waals surface area contributed by atoms with Crippen molar-refractivity contribution in [2.75, 3.05) is 11.5 Å². The monoisotopic (exact) mass is 407 g/mol. The molecule has 0 bridgehead atoms. The number of alkyl halides is 3. The van der Waals surface area contributed by atoms with E-state index in [0.717, 1.165) is 18.2 Å². The number of halogens is 3. The minimum absolute atomic E-state index is 0.00386. The number of carbonyl (C=O) groups excluding carboxylic acids is 2. The normalized spacial score (nSPS) is 13.9. The zero-order valence-corrected chi connectivity index (χ0v) is 14.5. The summed E-state index contributed by atoms with van der Waals surface area (Å²) in [5.41, 5.74) is 1.08. The van der Waals surface area contributed by atoms with Crippen LogP contribution in [0.3, 0.4) is 0 Å². The van der Waals surface area contributed by atoms with E-state index in [1.807, 2.05) is 0 Å². The fourth-order valence-electron chi connectivity index (χ4n) is 2.94. The fraction of sp³-hybridized carbons (Fsp3) is 0.167. The predicted octanol–water partition coefficient (Wildman–Crippen LogP) is 2.89. The number of nitrogens with one attached hydrogen (secondary N) is 1. The summed E-state index contributed by atoms with van der Waals surface area (Å²) < 4.78 is 49.4. The number of aromatic nitrogens is 1. The zero-order chi connectivity index (χ0) is 20.8. The number of nitrogens with zero attached hydrogens (tertiary/aromatic N) is 2. The van der Waals surface area contributed by atoms with Crippen LogP contribution >= 0.6 is 0 Å². The molecule has 29 heavy (non-hydrogen) atoms. The van der Waals surface area contributed by atoms with E-state index in [9.17, 15) is 22.8 Å². The molecule has 3 aromatic rings. The predicted molar refractivity (Wildman–Crippen MR) is 91.4 cm³/mol. The number of oxazole rings is 1. The number of hydroxylamine groups is 1. The van der Waals surface area contributed by atoms with Crippen LogP contribution in [0.15, 0.2) is 40.8 Å². The van der Waals surface area contributed by atoms with Gasteiger partial charge in [0.25, 0.3) is 11.8 Å². The summed E-state index contributed by atoms with van der Waals surface area (Å²) in [6.07, 6.45) is -4.52. The lowest BCUT2D eigenvalue weighted by molar-refractivity contribution is -0.137. The lowest BCUT2D eigenvalue weighted by atomic mass is 10.1. The molecule has 0 radical (unpaired) electrons. The minimum atomic E-state index is -4.52. The van der Waals surface area contributed by atoms with E-state index >= 15 is 0 Å². The second-order valence-corrected chi connectivity index (χ2v) is 6.18. The highest BCUT2D eigenvalue weighted by molar-refractivity contribution is 6.01. The number of fused-ring (bicyclic) bond motifs is 2. The Labute approximate surface area is 160 Å². The second-order valence-electron chi connectivity index (χ2n) is 6.18. The van der Waals surface area contributed by atoms with Gasteiger partial charge in [-0.05, 0) is 36.4 Å². The Morgan fingerprint density at radius 1 is 1.24 bits per heavy atom. The van der Waals surface area contributed by atoms with Gasteiger partial charge in [0.05, 0.1) is 11.3 Å². The average Bonchev–Trinajstić information content (AvgIpc) is 3.10.